The Balaban J connectivity index is 2.06. The second-order valence-corrected chi connectivity index (χ2v) is 5.46. The Morgan fingerprint density at radius 3 is 2.38 bits per heavy atom. The van der Waals surface area contributed by atoms with E-state index in [-0.39, 0.29) is 19.1 Å². The second-order valence-electron chi connectivity index (χ2n) is 5.46. The monoisotopic (exact) mass is 328 g/mol. The molecule has 0 heterocycles. The van der Waals surface area contributed by atoms with Crippen LogP contribution in [0.3, 0.4) is 0 Å². The van der Waals surface area contributed by atoms with Gasteiger partial charge in [-0.15, -0.1) is 0 Å². The quantitative estimate of drug-likeness (QED) is 0.757. The minimum absolute atomic E-state index is 0.0115. The van der Waals surface area contributed by atoms with E-state index in [2.05, 4.69) is 5.32 Å². The number of aliphatic hydroxyl groups excluding tert-OH is 1. The van der Waals surface area contributed by atoms with Gasteiger partial charge >= 0.3 is 6.09 Å². The fraction of sp³-hybridized carbons (Fsp3) is 0.222. The summed E-state index contributed by atoms with van der Waals surface area (Å²) in [5.41, 5.74) is 3.84. The minimum Gasteiger partial charge on any atom is -0.465 e. The van der Waals surface area contributed by atoms with E-state index in [1.54, 1.807) is 7.05 Å². The van der Waals surface area contributed by atoms with Crippen LogP contribution in [0.2, 0.25) is 0 Å². The van der Waals surface area contributed by atoms with Crippen LogP contribution in [0.5, 0.6) is 0 Å². The predicted molar refractivity (Wildman–Crippen MR) is 90.3 cm³/mol. The lowest BCUT2D eigenvalue weighted by molar-refractivity contribution is -0.129. The number of likely N-dealkylation sites (N-methyl/N-ethyl adjacent to an activating group) is 1. The fourth-order valence-corrected chi connectivity index (χ4v) is 2.30. The number of hydrogen-bond acceptors (Lipinski definition) is 3. The molecule has 126 valence electrons. The van der Waals surface area contributed by atoms with Crippen molar-refractivity contribution < 1.29 is 19.8 Å². The molecule has 0 saturated carbocycles. The largest absolute Gasteiger partial charge is 0.465 e. The average Bonchev–Trinajstić information content (AvgIpc) is 2.59. The van der Waals surface area contributed by atoms with Crippen molar-refractivity contribution in [2.45, 2.75) is 13.2 Å². The molecule has 6 nitrogen and oxygen atoms in total. The van der Waals surface area contributed by atoms with Crippen molar-refractivity contribution in [2.75, 3.05) is 13.6 Å². The van der Waals surface area contributed by atoms with E-state index in [1.165, 1.54) is 4.90 Å². The number of nitrogens with one attached hydrogen (secondary N) is 1. The molecule has 0 bridgehead atoms. The third-order valence-corrected chi connectivity index (χ3v) is 3.63. The van der Waals surface area contributed by atoms with Gasteiger partial charge in [0.2, 0.25) is 5.91 Å². The maximum absolute atomic E-state index is 11.9. The molecule has 0 fully saturated rings. The van der Waals surface area contributed by atoms with Gasteiger partial charge in [0.25, 0.3) is 0 Å². The summed E-state index contributed by atoms with van der Waals surface area (Å²) in [6.07, 6.45) is -1.22. The number of carbonyl (C=O) groups is 2. The van der Waals surface area contributed by atoms with Gasteiger partial charge in [-0.05, 0) is 28.3 Å². The molecular formula is C18H20N2O4. The molecule has 2 amide bonds. The molecule has 0 aliphatic heterocycles. The van der Waals surface area contributed by atoms with Gasteiger partial charge in [-0.25, -0.2) is 4.79 Å². The first-order valence-electron chi connectivity index (χ1n) is 7.49. The van der Waals surface area contributed by atoms with Crippen LogP contribution in [0.4, 0.5) is 4.79 Å². The zero-order chi connectivity index (χ0) is 17.5. The van der Waals surface area contributed by atoms with E-state index in [0.717, 1.165) is 22.3 Å². The summed E-state index contributed by atoms with van der Waals surface area (Å²) < 4.78 is 0. The first kappa shape index (κ1) is 17.5. The van der Waals surface area contributed by atoms with Crippen molar-refractivity contribution >= 4 is 12.0 Å². The zero-order valence-electron chi connectivity index (χ0n) is 13.4. The van der Waals surface area contributed by atoms with Crippen LogP contribution in [0, 0.1) is 0 Å². The number of amides is 2. The predicted octanol–water partition coefficient (Wildman–Crippen LogP) is 2.07. The van der Waals surface area contributed by atoms with Gasteiger partial charge < -0.3 is 20.4 Å². The van der Waals surface area contributed by atoms with Gasteiger partial charge in [0.05, 0.1) is 6.61 Å². The van der Waals surface area contributed by atoms with Gasteiger partial charge in [-0.3, -0.25) is 4.79 Å². The number of aliphatic hydroxyl groups is 1. The minimum atomic E-state index is -1.22. The maximum Gasteiger partial charge on any atom is 0.405 e. The average molecular weight is 328 g/mol. The first-order chi connectivity index (χ1) is 11.5. The van der Waals surface area contributed by atoms with E-state index < -0.39 is 6.09 Å². The van der Waals surface area contributed by atoms with Gasteiger partial charge in [-0.1, -0.05) is 42.5 Å². The topological polar surface area (TPSA) is 89.9 Å². The van der Waals surface area contributed by atoms with Crippen LogP contribution >= 0.6 is 0 Å². The highest BCUT2D eigenvalue weighted by Crippen LogP contribution is 2.21. The van der Waals surface area contributed by atoms with Crippen molar-refractivity contribution in [3.63, 3.8) is 0 Å². The standard InChI is InChI=1S/C18H20N2O4/c1-20(17(22)10-19-18(23)24)11-14-3-2-4-16(9-14)15-7-5-13(12-21)6-8-15/h2-9,19,21H,10-12H2,1H3,(H,23,24). The molecule has 0 spiro atoms. The van der Waals surface area contributed by atoms with Crippen LogP contribution in [0.25, 0.3) is 11.1 Å². The summed E-state index contributed by atoms with van der Waals surface area (Å²) >= 11 is 0. The molecule has 6 heteroatoms. The lowest BCUT2D eigenvalue weighted by atomic mass is 10.0. The molecule has 0 atom stereocenters. The fourth-order valence-electron chi connectivity index (χ4n) is 2.30. The van der Waals surface area contributed by atoms with Crippen LogP contribution < -0.4 is 5.32 Å². The Hall–Kier alpha value is -2.86. The molecule has 2 aromatic rings. The number of carboxylic acid groups (broad SMARTS) is 1. The first-order valence-corrected chi connectivity index (χ1v) is 7.49. The van der Waals surface area contributed by atoms with Gasteiger partial charge in [0, 0.05) is 13.6 Å². The van der Waals surface area contributed by atoms with E-state index in [0.29, 0.717) is 6.54 Å². The summed E-state index contributed by atoms with van der Waals surface area (Å²) in [5.74, 6) is -0.296. The van der Waals surface area contributed by atoms with Crippen LogP contribution in [-0.4, -0.2) is 40.7 Å². The molecule has 0 saturated heterocycles. The molecule has 0 aliphatic rings. The van der Waals surface area contributed by atoms with Crippen molar-refractivity contribution in [2.24, 2.45) is 0 Å². The maximum atomic E-state index is 11.9. The molecule has 0 aliphatic carbocycles. The Bertz CT molecular complexity index is 713. The van der Waals surface area contributed by atoms with Crippen LogP contribution in [0.1, 0.15) is 11.1 Å². The molecule has 0 radical (unpaired) electrons. The molecular weight excluding hydrogens is 308 g/mol. The zero-order valence-corrected chi connectivity index (χ0v) is 13.4. The smallest absolute Gasteiger partial charge is 0.405 e. The number of hydrogen-bond donors (Lipinski definition) is 3. The number of carbonyl (C=O) groups excluding carboxylic acids is 1. The Kier molecular flexibility index (Phi) is 5.92. The lowest BCUT2D eigenvalue weighted by Gasteiger charge is -2.17. The normalized spacial score (nSPS) is 10.2. The number of benzene rings is 2. The van der Waals surface area contributed by atoms with Crippen molar-refractivity contribution in [1.82, 2.24) is 10.2 Å². The molecule has 24 heavy (non-hydrogen) atoms. The highest BCUT2D eigenvalue weighted by atomic mass is 16.4. The molecule has 0 aromatic heterocycles. The molecule has 3 N–H and O–H groups in total. The third kappa shape index (κ3) is 4.82. The van der Waals surface area contributed by atoms with Gasteiger partial charge in [0.1, 0.15) is 6.54 Å². The Morgan fingerprint density at radius 1 is 1.04 bits per heavy atom. The Morgan fingerprint density at radius 2 is 1.75 bits per heavy atom. The number of nitrogens with zero attached hydrogens (tertiary/aromatic N) is 1. The van der Waals surface area contributed by atoms with E-state index >= 15 is 0 Å². The summed E-state index contributed by atoms with van der Waals surface area (Å²) in [6.45, 7) is 0.161. The summed E-state index contributed by atoms with van der Waals surface area (Å²) in [4.78, 5) is 23.8. The van der Waals surface area contributed by atoms with Crippen LogP contribution in [-0.2, 0) is 17.9 Å². The summed E-state index contributed by atoms with van der Waals surface area (Å²) in [6, 6.07) is 15.4. The molecule has 2 rings (SSSR count). The molecule has 2 aromatic carbocycles. The van der Waals surface area contributed by atoms with E-state index in [4.69, 9.17) is 10.2 Å². The van der Waals surface area contributed by atoms with Crippen molar-refractivity contribution in [1.29, 1.82) is 0 Å². The number of rotatable bonds is 6. The van der Waals surface area contributed by atoms with Gasteiger partial charge in [-0.2, -0.15) is 0 Å². The van der Waals surface area contributed by atoms with Crippen molar-refractivity contribution in [3.05, 3.63) is 59.7 Å². The summed E-state index contributed by atoms with van der Waals surface area (Å²) in [7, 11) is 1.63. The van der Waals surface area contributed by atoms with Crippen molar-refractivity contribution in [3.8, 4) is 11.1 Å². The van der Waals surface area contributed by atoms with E-state index in [9.17, 15) is 9.59 Å². The highest BCUT2D eigenvalue weighted by Gasteiger charge is 2.10. The summed E-state index contributed by atoms with van der Waals surface area (Å²) in [5, 5.41) is 19.7. The molecule has 0 unspecified atom stereocenters. The highest BCUT2D eigenvalue weighted by molar-refractivity contribution is 5.81. The van der Waals surface area contributed by atoms with Crippen LogP contribution in [0.15, 0.2) is 48.5 Å². The SMILES string of the molecule is CN(Cc1cccc(-c2ccc(CO)cc2)c1)C(=O)CNC(=O)O. The van der Waals surface area contributed by atoms with Gasteiger partial charge in [0.15, 0.2) is 0 Å². The lowest BCUT2D eigenvalue weighted by Crippen LogP contribution is -2.37. The van der Waals surface area contributed by atoms with E-state index in [1.807, 2.05) is 48.5 Å². The Labute approximate surface area is 140 Å². The second kappa shape index (κ2) is 8.12. The third-order valence-electron chi connectivity index (χ3n) is 3.63.